The highest BCUT2D eigenvalue weighted by Crippen LogP contribution is 2.46. The van der Waals surface area contributed by atoms with Gasteiger partial charge in [-0.1, -0.05) is 53.7 Å². The summed E-state index contributed by atoms with van der Waals surface area (Å²) in [6.45, 7) is 0. The smallest absolute Gasteiger partial charge is 0.149 e. The summed E-state index contributed by atoms with van der Waals surface area (Å²) in [4.78, 5) is 4.05. The van der Waals surface area contributed by atoms with Crippen LogP contribution in [0.4, 0.5) is 11.4 Å². The fraction of sp³-hybridized carbons (Fsp3) is 0.0435. The third-order valence-electron chi connectivity index (χ3n) is 5.05. The summed E-state index contributed by atoms with van der Waals surface area (Å²) in [6.07, 6.45) is -0.322. The molecular formula is C23H16ClN5S. The van der Waals surface area contributed by atoms with E-state index >= 15 is 0 Å². The molecule has 2 aliphatic heterocycles. The minimum atomic E-state index is -0.322. The van der Waals surface area contributed by atoms with Gasteiger partial charge in [-0.15, -0.1) is 0 Å². The number of nitrogens with zero attached hydrogens (tertiary/aromatic N) is 2. The van der Waals surface area contributed by atoms with Crippen LogP contribution in [0.5, 0.6) is 0 Å². The Balaban J connectivity index is 1.66. The molecule has 0 amide bonds. The molecule has 3 aromatic rings. The number of benzene rings is 3. The van der Waals surface area contributed by atoms with Gasteiger partial charge in [0.1, 0.15) is 29.5 Å². The maximum atomic E-state index is 9.88. The summed E-state index contributed by atoms with van der Waals surface area (Å²) in [5, 5.41) is 26.2. The van der Waals surface area contributed by atoms with Gasteiger partial charge in [0, 0.05) is 26.1 Å². The first-order chi connectivity index (χ1) is 14.7. The maximum Gasteiger partial charge on any atom is 0.149 e. The van der Waals surface area contributed by atoms with Crippen molar-refractivity contribution < 1.29 is 0 Å². The van der Waals surface area contributed by atoms with E-state index in [4.69, 9.17) is 17.0 Å². The fourth-order valence-electron chi connectivity index (χ4n) is 3.66. The van der Waals surface area contributed by atoms with Crippen molar-refractivity contribution in [2.45, 2.75) is 16.0 Å². The van der Waals surface area contributed by atoms with E-state index in [2.05, 4.69) is 28.8 Å². The van der Waals surface area contributed by atoms with Crippen LogP contribution in [-0.4, -0.2) is 5.84 Å². The Bertz CT molecular complexity index is 1230. The predicted octanol–water partition coefficient (Wildman–Crippen LogP) is 5.74. The van der Waals surface area contributed by atoms with E-state index in [1.807, 2.05) is 53.4 Å². The Labute approximate surface area is 183 Å². The molecule has 5 rings (SSSR count). The summed E-state index contributed by atoms with van der Waals surface area (Å²) in [5.41, 5.74) is 2.99. The highest BCUT2D eigenvalue weighted by atomic mass is 35.5. The van der Waals surface area contributed by atoms with E-state index in [9.17, 15) is 5.26 Å². The standard InChI is InChI=1S/C23H16ClN5S/c24-14-9-11-15(12-10-14)27-22-17(13-25)21(26)29-18-6-2-4-8-20(18)30-19-7-3-1-5-16(19)23(29)28-22/h1-12,23,26-28H. The second-order valence-electron chi connectivity index (χ2n) is 6.87. The zero-order chi connectivity index (χ0) is 20.7. The van der Waals surface area contributed by atoms with Gasteiger partial charge in [-0.25, -0.2) is 0 Å². The Morgan fingerprint density at radius 1 is 1.00 bits per heavy atom. The number of amidine groups is 1. The van der Waals surface area contributed by atoms with Crippen LogP contribution in [0.3, 0.4) is 0 Å². The summed E-state index contributed by atoms with van der Waals surface area (Å²) in [5.74, 6) is 0.660. The largest absolute Gasteiger partial charge is 0.346 e. The third kappa shape index (κ3) is 3.09. The van der Waals surface area contributed by atoms with Crippen molar-refractivity contribution in [3.05, 3.63) is 94.8 Å². The van der Waals surface area contributed by atoms with Gasteiger partial charge in [0.25, 0.3) is 0 Å². The number of fused-ring (bicyclic) bond motifs is 5. The number of hydrogen-bond acceptors (Lipinski definition) is 5. The normalized spacial score (nSPS) is 17.1. The van der Waals surface area contributed by atoms with E-state index in [0.717, 1.165) is 26.7 Å². The molecule has 3 aromatic carbocycles. The highest BCUT2D eigenvalue weighted by Gasteiger charge is 2.37. The van der Waals surface area contributed by atoms with Crippen LogP contribution < -0.4 is 15.5 Å². The lowest BCUT2D eigenvalue weighted by molar-refractivity contribution is 0.593. The molecule has 0 bridgehead atoms. The van der Waals surface area contributed by atoms with Crippen LogP contribution in [-0.2, 0) is 0 Å². The molecule has 146 valence electrons. The van der Waals surface area contributed by atoms with Gasteiger partial charge >= 0.3 is 0 Å². The van der Waals surface area contributed by atoms with Crippen molar-refractivity contribution in [3.63, 3.8) is 0 Å². The first kappa shape index (κ1) is 18.6. The molecule has 0 saturated carbocycles. The molecule has 0 spiro atoms. The van der Waals surface area contributed by atoms with E-state index in [1.165, 1.54) is 0 Å². The first-order valence-electron chi connectivity index (χ1n) is 9.33. The zero-order valence-electron chi connectivity index (χ0n) is 15.7. The summed E-state index contributed by atoms with van der Waals surface area (Å²) in [7, 11) is 0. The van der Waals surface area contributed by atoms with Gasteiger partial charge in [-0.3, -0.25) is 10.3 Å². The molecule has 0 radical (unpaired) electrons. The summed E-state index contributed by atoms with van der Waals surface area (Å²) < 4.78 is 0. The second kappa shape index (κ2) is 7.45. The lowest BCUT2D eigenvalue weighted by Crippen LogP contribution is -2.49. The third-order valence-corrected chi connectivity index (χ3v) is 6.46. The van der Waals surface area contributed by atoms with Gasteiger partial charge < -0.3 is 10.6 Å². The number of rotatable bonds is 2. The molecular weight excluding hydrogens is 414 g/mol. The van der Waals surface area contributed by atoms with Crippen molar-refractivity contribution in [1.29, 1.82) is 10.7 Å². The maximum absolute atomic E-state index is 9.88. The van der Waals surface area contributed by atoms with Crippen molar-refractivity contribution in [2.24, 2.45) is 0 Å². The lowest BCUT2D eigenvalue weighted by Gasteiger charge is -2.39. The van der Waals surface area contributed by atoms with Gasteiger partial charge in [0.15, 0.2) is 0 Å². The number of para-hydroxylation sites is 1. The zero-order valence-corrected chi connectivity index (χ0v) is 17.3. The molecule has 0 fully saturated rings. The number of anilines is 2. The van der Waals surface area contributed by atoms with E-state index < -0.39 is 0 Å². The Hall–Kier alpha value is -3.40. The van der Waals surface area contributed by atoms with E-state index in [1.54, 1.807) is 23.9 Å². The minimum absolute atomic E-state index is 0.155. The van der Waals surface area contributed by atoms with Crippen molar-refractivity contribution >= 4 is 40.6 Å². The monoisotopic (exact) mass is 429 g/mol. The molecule has 30 heavy (non-hydrogen) atoms. The van der Waals surface area contributed by atoms with Crippen molar-refractivity contribution in [3.8, 4) is 6.07 Å². The fourth-order valence-corrected chi connectivity index (χ4v) is 4.89. The minimum Gasteiger partial charge on any atom is -0.346 e. The summed E-state index contributed by atoms with van der Waals surface area (Å²) in [6, 6.07) is 25.6. The van der Waals surface area contributed by atoms with Crippen molar-refractivity contribution in [2.75, 3.05) is 10.2 Å². The van der Waals surface area contributed by atoms with Gasteiger partial charge in [-0.2, -0.15) is 5.26 Å². The molecule has 0 saturated heterocycles. The number of halogens is 1. The summed E-state index contributed by atoms with van der Waals surface area (Å²) >= 11 is 7.67. The molecule has 0 aliphatic carbocycles. The van der Waals surface area contributed by atoms with Crippen molar-refractivity contribution in [1.82, 2.24) is 5.32 Å². The number of hydrogen-bond donors (Lipinski definition) is 3. The van der Waals surface area contributed by atoms with E-state index in [0.29, 0.717) is 10.8 Å². The molecule has 7 heteroatoms. The number of nitriles is 1. The lowest BCUT2D eigenvalue weighted by atomic mass is 10.0. The van der Waals surface area contributed by atoms with Gasteiger partial charge in [0.05, 0.1) is 5.69 Å². The Morgan fingerprint density at radius 3 is 2.47 bits per heavy atom. The van der Waals surface area contributed by atoms with Crippen LogP contribution in [0, 0.1) is 16.7 Å². The first-order valence-corrected chi connectivity index (χ1v) is 10.5. The van der Waals surface area contributed by atoms with Crippen LogP contribution in [0.15, 0.2) is 94.0 Å². The second-order valence-corrected chi connectivity index (χ2v) is 8.39. The quantitative estimate of drug-likeness (QED) is 0.484. The molecule has 2 aliphatic rings. The van der Waals surface area contributed by atoms with E-state index in [-0.39, 0.29) is 17.6 Å². The average molecular weight is 430 g/mol. The van der Waals surface area contributed by atoms with Gasteiger partial charge in [-0.05, 0) is 42.5 Å². The molecule has 3 N–H and O–H groups in total. The van der Waals surface area contributed by atoms with Crippen LogP contribution >= 0.6 is 23.4 Å². The number of nitrogens with one attached hydrogen (secondary N) is 3. The van der Waals surface area contributed by atoms with Crippen LogP contribution in [0.25, 0.3) is 0 Å². The average Bonchev–Trinajstić information content (AvgIpc) is 2.90. The molecule has 0 aromatic heterocycles. The molecule has 2 heterocycles. The molecule has 1 unspecified atom stereocenters. The molecule has 1 atom stereocenters. The Kier molecular flexibility index (Phi) is 4.62. The highest BCUT2D eigenvalue weighted by molar-refractivity contribution is 7.99. The molecule has 5 nitrogen and oxygen atoms in total. The topological polar surface area (TPSA) is 74.9 Å². The van der Waals surface area contributed by atoms with Crippen LogP contribution in [0.1, 0.15) is 11.7 Å². The van der Waals surface area contributed by atoms with Crippen LogP contribution in [0.2, 0.25) is 5.02 Å². The van der Waals surface area contributed by atoms with Gasteiger partial charge in [0.2, 0.25) is 0 Å². The SMILES string of the molecule is N#CC1=C(Nc2ccc(Cl)cc2)NC2c3ccccc3Sc3ccccc3N2C1=N. The Morgan fingerprint density at radius 2 is 1.70 bits per heavy atom. The predicted molar refractivity (Wildman–Crippen MR) is 121 cm³/mol.